The minimum absolute atomic E-state index is 0.175. The van der Waals surface area contributed by atoms with Gasteiger partial charge < -0.3 is 20.3 Å². The molecule has 1 aliphatic heterocycles. The fourth-order valence-corrected chi connectivity index (χ4v) is 3.75. The fraction of sp³-hybridized carbons (Fsp3) is 0.190. The summed E-state index contributed by atoms with van der Waals surface area (Å²) in [5.41, 5.74) is -2.54. The van der Waals surface area contributed by atoms with Gasteiger partial charge in [0, 0.05) is 10.6 Å². The van der Waals surface area contributed by atoms with Crippen molar-refractivity contribution in [2.45, 2.75) is 18.8 Å². The number of aliphatic hydroxyl groups is 3. The van der Waals surface area contributed by atoms with Crippen LogP contribution in [0.25, 0.3) is 16.6 Å². The third kappa shape index (κ3) is 3.06. The first-order chi connectivity index (χ1) is 14.2. The Bertz CT molecular complexity index is 1240. The van der Waals surface area contributed by atoms with E-state index in [1.165, 1.54) is 31.2 Å². The number of aromatic amines is 1. The number of H-pyrrole nitrogens is 1. The molecule has 0 fully saturated rings. The molecule has 1 amide bonds. The fourth-order valence-electron chi connectivity index (χ4n) is 3.62. The van der Waals surface area contributed by atoms with Crippen LogP contribution in [0.5, 0.6) is 0 Å². The summed E-state index contributed by atoms with van der Waals surface area (Å²) in [6.45, 7) is 1.14. The minimum Gasteiger partial charge on any atom is -0.503 e. The van der Waals surface area contributed by atoms with E-state index in [1.807, 2.05) is 0 Å². The first-order valence-corrected chi connectivity index (χ1v) is 9.53. The summed E-state index contributed by atoms with van der Waals surface area (Å²) in [6.07, 6.45) is -1.01. The number of nitrogens with zero attached hydrogens (tertiary/aromatic N) is 2. The molecule has 0 saturated carbocycles. The van der Waals surface area contributed by atoms with Crippen LogP contribution in [0.4, 0.5) is 0 Å². The first kappa shape index (κ1) is 20.1. The number of amides is 1. The molecule has 2 aromatic carbocycles. The van der Waals surface area contributed by atoms with Gasteiger partial charge in [0.2, 0.25) is 0 Å². The molecule has 0 spiro atoms. The largest absolute Gasteiger partial charge is 0.503 e. The maximum Gasteiger partial charge on any atom is 0.292 e. The molecule has 154 valence electrons. The summed E-state index contributed by atoms with van der Waals surface area (Å²) in [5.74, 6) is -1.75. The highest BCUT2D eigenvalue weighted by atomic mass is 35.5. The average molecular weight is 428 g/mol. The van der Waals surface area contributed by atoms with Gasteiger partial charge in [-0.1, -0.05) is 35.9 Å². The number of rotatable bonds is 4. The topological polar surface area (TPSA) is 127 Å². The second-order valence-corrected chi connectivity index (χ2v) is 7.54. The third-order valence-corrected chi connectivity index (χ3v) is 5.21. The van der Waals surface area contributed by atoms with Crippen LogP contribution in [0.15, 0.2) is 59.1 Å². The molecule has 9 heteroatoms. The number of carbonyl (C=O) groups is 1. The number of hydrogen-bond donors (Lipinski definition) is 4. The molecule has 0 aliphatic carbocycles. The second kappa shape index (κ2) is 7.24. The molecular weight excluding hydrogens is 410 g/mol. The number of aromatic nitrogens is 2. The van der Waals surface area contributed by atoms with Crippen LogP contribution in [0.1, 0.15) is 18.2 Å². The minimum atomic E-state index is -2.24. The molecule has 0 radical (unpaired) electrons. The Morgan fingerprint density at radius 3 is 2.50 bits per heavy atom. The van der Waals surface area contributed by atoms with Gasteiger partial charge in [0.1, 0.15) is 5.69 Å². The van der Waals surface area contributed by atoms with Gasteiger partial charge in [-0.3, -0.25) is 14.5 Å². The summed E-state index contributed by atoms with van der Waals surface area (Å²) >= 11 is 5.95. The van der Waals surface area contributed by atoms with Gasteiger partial charge >= 0.3 is 0 Å². The molecule has 2 atom stereocenters. The molecule has 0 saturated heterocycles. The highest BCUT2D eigenvalue weighted by molar-refractivity contribution is 6.30. The van der Waals surface area contributed by atoms with Crippen LogP contribution in [-0.2, 0) is 10.5 Å². The van der Waals surface area contributed by atoms with Crippen molar-refractivity contribution < 1.29 is 20.1 Å². The standard InChI is InChI=1S/C21H18ClN3O5/c1-11(26)10-25-20(29)18(27)16(21(25,30)12-6-8-13(22)9-7-12)17-19(28)24-15-5-3-2-4-14(15)23-17/h2-9,11,26-27,30H,10H2,1H3,(H,24,28). The quantitative estimate of drug-likeness (QED) is 0.503. The molecule has 2 heterocycles. The first-order valence-electron chi connectivity index (χ1n) is 9.15. The average Bonchev–Trinajstić information content (AvgIpc) is 2.89. The molecule has 4 rings (SSSR count). The predicted molar refractivity (Wildman–Crippen MR) is 111 cm³/mol. The van der Waals surface area contributed by atoms with Crippen LogP contribution in [-0.4, -0.2) is 48.7 Å². The third-order valence-electron chi connectivity index (χ3n) is 4.95. The number of hydrogen-bond acceptors (Lipinski definition) is 6. The number of carbonyl (C=O) groups excluding carboxylic acids is 1. The lowest BCUT2D eigenvalue weighted by atomic mass is 9.92. The lowest BCUT2D eigenvalue weighted by Crippen LogP contribution is -2.49. The van der Waals surface area contributed by atoms with E-state index in [9.17, 15) is 24.9 Å². The normalized spacial score (nSPS) is 20.3. The van der Waals surface area contributed by atoms with Gasteiger partial charge in [0.15, 0.2) is 11.5 Å². The van der Waals surface area contributed by atoms with Crippen LogP contribution in [0, 0.1) is 0 Å². The van der Waals surface area contributed by atoms with Gasteiger partial charge in [-0.2, -0.15) is 0 Å². The van der Waals surface area contributed by atoms with Gasteiger partial charge in [0.05, 0.1) is 29.3 Å². The molecule has 3 aromatic rings. The van der Waals surface area contributed by atoms with E-state index in [1.54, 1.807) is 24.3 Å². The Kier molecular flexibility index (Phi) is 4.85. The van der Waals surface area contributed by atoms with Gasteiger partial charge in [-0.15, -0.1) is 0 Å². The maximum absolute atomic E-state index is 12.8. The summed E-state index contributed by atoms with van der Waals surface area (Å²) in [5, 5.41) is 32.7. The van der Waals surface area contributed by atoms with E-state index in [-0.39, 0.29) is 23.4 Å². The van der Waals surface area contributed by atoms with E-state index in [4.69, 9.17) is 11.6 Å². The monoisotopic (exact) mass is 427 g/mol. The number of fused-ring (bicyclic) bond motifs is 1. The van der Waals surface area contributed by atoms with E-state index in [0.29, 0.717) is 16.1 Å². The van der Waals surface area contributed by atoms with Crippen molar-refractivity contribution in [3.63, 3.8) is 0 Å². The molecular formula is C21H18ClN3O5. The highest BCUT2D eigenvalue weighted by Gasteiger charge is 2.54. The highest BCUT2D eigenvalue weighted by Crippen LogP contribution is 2.45. The molecule has 4 N–H and O–H groups in total. The molecule has 2 unspecified atom stereocenters. The molecule has 8 nitrogen and oxygen atoms in total. The van der Waals surface area contributed by atoms with Gasteiger partial charge in [-0.05, 0) is 31.2 Å². The zero-order valence-electron chi connectivity index (χ0n) is 15.8. The number of β-amino-alcohol motifs (C(OH)–C–C–N with tert-alkyl or cyclic N) is 1. The smallest absolute Gasteiger partial charge is 0.292 e. The Balaban J connectivity index is 2.00. The van der Waals surface area contributed by atoms with Crippen molar-refractivity contribution in [3.8, 4) is 0 Å². The van der Waals surface area contributed by atoms with Crippen LogP contribution >= 0.6 is 11.6 Å². The van der Waals surface area contributed by atoms with E-state index in [2.05, 4.69) is 9.97 Å². The second-order valence-electron chi connectivity index (χ2n) is 7.10. The number of nitrogens with one attached hydrogen (secondary N) is 1. The van der Waals surface area contributed by atoms with Gasteiger partial charge in [0.25, 0.3) is 11.5 Å². The molecule has 0 bridgehead atoms. The maximum atomic E-state index is 12.8. The predicted octanol–water partition coefficient (Wildman–Crippen LogP) is 1.91. The Labute approximate surface area is 175 Å². The van der Waals surface area contributed by atoms with Crippen molar-refractivity contribution in [1.82, 2.24) is 14.9 Å². The summed E-state index contributed by atoms with van der Waals surface area (Å²) in [6, 6.07) is 12.7. The summed E-state index contributed by atoms with van der Waals surface area (Å²) in [4.78, 5) is 33.5. The summed E-state index contributed by atoms with van der Waals surface area (Å²) in [7, 11) is 0. The number of halogens is 1. The van der Waals surface area contributed by atoms with Crippen LogP contribution < -0.4 is 5.56 Å². The SMILES string of the molecule is CC(O)CN1C(=O)C(O)=C(c2nc3ccccc3[nH]c2=O)C1(O)c1ccc(Cl)cc1. The molecule has 1 aliphatic rings. The van der Waals surface area contributed by atoms with E-state index in [0.717, 1.165) is 4.90 Å². The number of para-hydroxylation sites is 2. The lowest BCUT2D eigenvalue weighted by molar-refractivity contribution is -0.147. The van der Waals surface area contributed by atoms with Crippen molar-refractivity contribution in [2.24, 2.45) is 0 Å². The Morgan fingerprint density at radius 1 is 1.17 bits per heavy atom. The van der Waals surface area contributed by atoms with Crippen molar-refractivity contribution in [3.05, 3.63) is 80.9 Å². The Morgan fingerprint density at radius 2 is 1.83 bits per heavy atom. The van der Waals surface area contributed by atoms with Crippen molar-refractivity contribution in [1.29, 1.82) is 0 Å². The van der Waals surface area contributed by atoms with E-state index < -0.39 is 29.1 Å². The zero-order chi connectivity index (χ0) is 21.6. The number of benzene rings is 2. The van der Waals surface area contributed by atoms with Crippen LogP contribution in [0.3, 0.4) is 0 Å². The van der Waals surface area contributed by atoms with Gasteiger partial charge in [-0.25, -0.2) is 4.98 Å². The molecule has 30 heavy (non-hydrogen) atoms. The van der Waals surface area contributed by atoms with E-state index >= 15 is 0 Å². The van der Waals surface area contributed by atoms with Crippen LogP contribution in [0.2, 0.25) is 5.02 Å². The Hall–Kier alpha value is -3.20. The molecule has 1 aromatic heterocycles. The summed E-state index contributed by atoms with van der Waals surface area (Å²) < 4.78 is 0. The zero-order valence-corrected chi connectivity index (χ0v) is 16.6. The lowest BCUT2D eigenvalue weighted by Gasteiger charge is -2.36. The van der Waals surface area contributed by atoms with Crippen molar-refractivity contribution in [2.75, 3.05) is 6.54 Å². The number of aliphatic hydroxyl groups excluding tert-OH is 2. The van der Waals surface area contributed by atoms with Crippen molar-refractivity contribution >= 4 is 34.1 Å².